The van der Waals surface area contributed by atoms with E-state index >= 15 is 0 Å². The SMILES string of the molecule is CC[C@H](C)Oc1ccc(C(C)C)cc1Cl. The van der Waals surface area contributed by atoms with Gasteiger partial charge in [0.25, 0.3) is 0 Å². The second-order valence-electron chi connectivity index (χ2n) is 4.18. The molecule has 0 aliphatic heterocycles. The van der Waals surface area contributed by atoms with Crippen LogP contribution in [0.5, 0.6) is 5.75 Å². The van der Waals surface area contributed by atoms with Crippen LogP contribution in [0.4, 0.5) is 0 Å². The van der Waals surface area contributed by atoms with E-state index in [-0.39, 0.29) is 6.10 Å². The zero-order valence-electron chi connectivity index (χ0n) is 9.88. The molecule has 0 saturated carbocycles. The van der Waals surface area contributed by atoms with Crippen LogP contribution in [0.15, 0.2) is 18.2 Å². The summed E-state index contributed by atoms with van der Waals surface area (Å²) in [5.74, 6) is 1.29. The number of hydrogen-bond acceptors (Lipinski definition) is 1. The summed E-state index contributed by atoms with van der Waals surface area (Å²) in [6, 6.07) is 6.03. The minimum Gasteiger partial charge on any atom is -0.489 e. The summed E-state index contributed by atoms with van der Waals surface area (Å²) in [4.78, 5) is 0. The van der Waals surface area contributed by atoms with Gasteiger partial charge in [0, 0.05) is 0 Å². The van der Waals surface area contributed by atoms with Crippen molar-refractivity contribution in [1.82, 2.24) is 0 Å². The molecule has 0 unspecified atom stereocenters. The molecule has 2 heteroatoms. The minimum atomic E-state index is 0.215. The highest BCUT2D eigenvalue weighted by atomic mass is 35.5. The third-order valence-electron chi connectivity index (χ3n) is 2.53. The molecule has 0 N–H and O–H groups in total. The van der Waals surface area contributed by atoms with Crippen LogP contribution in [0.3, 0.4) is 0 Å². The third kappa shape index (κ3) is 3.42. The van der Waals surface area contributed by atoms with Crippen LogP contribution in [0, 0.1) is 0 Å². The van der Waals surface area contributed by atoms with Crippen LogP contribution >= 0.6 is 11.6 Å². The Morgan fingerprint density at radius 2 is 1.93 bits per heavy atom. The number of halogens is 1. The number of rotatable bonds is 4. The van der Waals surface area contributed by atoms with Gasteiger partial charge in [0.15, 0.2) is 0 Å². The van der Waals surface area contributed by atoms with Gasteiger partial charge in [-0.15, -0.1) is 0 Å². The first-order valence-corrected chi connectivity index (χ1v) is 5.88. The maximum Gasteiger partial charge on any atom is 0.138 e. The van der Waals surface area contributed by atoms with Gasteiger partial charge in [-0.2, -0.15) is 0 Å². The molecule has 0 aliphatic carbocycles. The molecule has 0 aromatic heterocycles. The van der Waals surface area contributed by atoms with Crippen molar-refractivity contribution in [3.05, 3.63) is 28.8 Å². The molecule has 1 aromatic rings. The Labute approximate surface area is 97.4 Å². The molecule has 0 saturated heterocycles. The Hall–Kier alpha value is -0.690. The lowest BCUT2D eigenvalue weighted by Gasteiger charge is -2.15. The fourth-order valence-electron chi connectivity index (χ4n) is 1.27. The monoisotopic (exact) mass is 226 g/mol. The lowest BCUT2D eigenvalue weighted by atomic mass is 10.0. The normalized spacial score (nSPS) is 12.9. The highest BCUT2D eigenvalue weighted by Gasteiger charge is 2.07. The second-order valence-corrected chi connectivity index (χ2v) is 4.59. The van der Waals surface area contributed by atoms with Gasteiger partial charge >= 0.3 is 0 Å². The predicted molar refractivity (Wildman–Crippen MR) is 65.9 cm³/mol. The van der Waals surface area contributed by atoms with E-state index in [4.69, 9.17) is 16.3 Å². The zero-order valence-corrected chi connectivity index (χ0v) is 10.6. The van der Waals surface area contributed by atoms with E-state index in [0.29, 0.717) is 10.9 Å². The number of ether oxygens (including phenoxy) is 1. The molecule has 1 atom stereocenters. The molecule has 0 fully saturated rings. The Morgan fingerprint density at radius 1 is 1.27 bits per heavy atom. The van der Waals surface area contributed by atoms with E-state index in [2.05, 4.69) is 26.8 Å². The second kappa shape index (κ2) is 5.41. The van der Waals surface area contributed by atoms with Crippen molar-refractivity contribution in [2.75, 3.05) is 0 Å². The predicted octanol–water partition coefficient (Wildman–Crippen LogP) is 4.64. The molecule has 1 rings (SSSR count). The van der Waals surface area contributed by atoms with E-state index < -0.39 is 0 Å². The van der Waals surface area contributed by atoms with E-state index in [0.717, 1.165) is 12.2 Å². The van der Waals surface area contributed by atoms with Gasteiger partial charge in [-0.1, -0.05) is 38.4 Å². The molecule has 0 heterocycles. The van der Waals surface area contributed by atoms with Crippen LogP contribution in [0.2, 0.25) is 5.02 Å². The summed E-state index contributed by atoms with van der Waals surface area (Å²) in [6.07, 6.45) is 1.20. The summed E-state index contributed by atoms with van der Waals surface area (Å²) in [5, 5.41) is 0.710. The van der Waals surface area contributed by atoms with Gasteiger partial charge in [0.2, 0.25) is 0 Å². The molecule has 1 aromatic carbocycles. The Bertz CT molecular complexity index is 320. The van der Waals surface area contributed by atoms with Gasteiger partial charge in [0.05, 0.1) is 11.1 Å². The van der Waals surface area contributed by atoms with Crippen molar-refractivity contribution in [3.8, 4) is 5.75 Å². The highest BCUT2D eigenvalue weighted by Crippen LogP contribution is 2.29. The maximum absolute atomic E-state index is 6.15. The lowest BCUT2D eigenvalue weighted by molar-refractivity contribution is 0.217. The Kier molecular flexibility index (Phi) is 4.46. The van der Waals surface area contributed by atoms with Crippen molar-refractivity contribution in [2.24, 2.45) is 0 Å². The maximum atomic E-state index is 6.15. The molecule has 84 valence electrons. The minimum absolute atomic E-state index is 0.215. The molecule has 1 nitrogen and oxygen atoms in total. The first kappa shape index (κ1) is 12.4. The van der Waals surface area contributed by atoms with Crippen molar-refractivity contribution in [1.29, 1.82) is 0 Å². The quantitative estimate of drug-likeness (QED) is 0.727. The Morgan fingerprint density at radius 3 is 2.40 bits per heavy atom. The van der Waals surface area contributed by atoms with Crippen LogP contribution in [0.25, 0.3) is 0 Å². The zero-order chi connectivity index (χ0) is 11.4. The summed E-state index contributed by atoms with van der Waals surface area (Å²) < 4.78 is 5.70. The van der Waals surface area contributed by atoms with Gasteiger partial charge in [-0.05, 0) is 37.0 Å². The average Bonchev–Trinajstić information content (AvgIpc) is 2.20. The smallest absolute Gasteiger partial charge is 0.138 e. The van der Waals surface area contributed by atoms with Crippen LogP contribution in [-0.4, -0.2) is 6.10 Å². The van der Waals surface area contributed by atoms with Gasteiger partial charge in [-0.3, -0.25) is 0 Å². The van der Waals surface area contributed by atoms with Gasteiger partial charge in [-0.25, -0.2) is 0 Å². The van der Waals surface area contributed by atoms with Crippen molar-refractivity contribution >= 4 is 11.6 Å². The average molecular weight is 227 g/mol. The fourth-order valence-corrected chi connectivity index (χ4v) is 1.51. The lowest BCUT2D eigenvalue weighted by Crippen LogP contribution is -2.10. The molecule has 0 bridgehead atoms. The summed E-state index contributed by atoms with van der Waals surface area (Å²) in [5.41, 5.74) is 1.25. The van der Waals surface area contributed by atoms with Crippen molar-refractivity contribution < 1.29 is 4.74 Å². The van der Waals surface area contributed by atoms with Gasteiger partial charge < -0.3 is 4.74 Å². The Balaban J connectivity index is 2.83. The molecular formula is C13H19ClO. The highest BCUT2D eigenvalue weighted by molar-refractivity contribution is 6.32. The fraction of sp³-hybridized carbons (Fsp3) is 0.538. The van der Waals surface area contributed by atoms with Crippen molar-refractivity contribution in [2.45, 2.75) is 46.1 Å². The topological polar surface area (TPSA) is 9.23 Å². The van der Waals surface area contributed by atoms with Crippen LogP contribution in [-0.2, 0) is 0 Å². The molecule has 0 radical (unpaired) electrons. The van der Waals surface area contributed by atoms with E-state index in [9.17, 15) is 0 Å². The molecule has 0 amide bonds. The number of hydrogen-bond donors (Lipinski definition) is 0. The molecular weight excluding hydrogens is 208 g/mol. The summed E-state index contributed by atoms with van der Waals surface area (Å²) in [6.45, 7) is 8.45. The standard InChI is InChI=1S/C13H19ClO/c1-5-10(4)15-13-7-6-11(9(2)3)8-12(13)14/h6-10H,5H2,1-4H3/t10-/m0/s1. The molecule has 0 aliphatic rings. The summed E-state index contributed by atoms with van der Waals surface area (Å²) in [7, 11) is 0. The first-order chi connectivity index (χ1) is 7.04. The van der Waals surface area contributed by atoms with Crippen LogP contribution < -0.4 is 4.74 Å². The first-order valence-electron chi connectivity index (χ1n) is 5.50. The van der Waals surface area contributed by atoms with E-state index in [1.807, 2.05) is 19.1 Å². The van der Waals surface area contributed by atoms with Crippen molar-refractivity contribution in [3.63, 3.8) is 0 Å². The molecule has 15 heavy (non-hydrogen) atoms. The summed E-state index contributed by atoms with van der Waals surface area (Å²) >= 11 is 6.15. The number of benzene rings is 1. The largest absolute Gasteiger partial charge is 0.489 e. The third-order valence-corrected chi connectivity index (χ3v) is 2.82. The van der Waals surface area contributed by atoms with Crippen LogP contribution in [0.1, 0.15) is 45.6 Å². The van der Waals surface area contributed by atoms with E-state index in [1.165, 1.54) is 5.56 Å². The molecule has 0 spiro atoms. The van der Waals surface area contributed by atoms with E-state index in [1.54, 1.807) is 0 Å². The van der Waals surface area contributed by atoms with Gasteiger partial charge in [0.1, 0.15) is 5.75 Å².